The van der Waals surface area contributed by atoms with Gasteiger partial charge in [-0.1, -0.05) is 11.6 Å². The fourth-order valence-corrected chi connectivity index (χ4v) is 2.39. The summed E-state index contributed by atoms with van der Waals surface area (Å²) in [5.74, 6) is 1.27. The van der Waals surface area contributed by atoms with E-state index in [1.807, 2.05) is 12.1 Å². The summed E-state index contributed by atoms with van der Waals surface area (Å²) in [5.41, 5.74) is 0.943. The van der Waals surface area contributed by atoms with Crippen LogP contribution in [0.25, 0.3) is 0 Å². The first-order valence-electron chi connectivity index (χ1n) is 6.24. The van der Waals surface area contributed by atoms with Crippen LogP contribution in [0.4, 0.5) is 0 Å². The lowest BCUT2D eigenvalue weighted by Crippen LogP contribution is -2.26. The van der Waals surface area contributed by atoms with Gasteiger partial charge in [0.15, 0.2) is 11.5 Å². The van der Waals surface area contributed by atoms with Gasteiger partial charge in [-0.2, -0.15) is 0 Å². The number of benzene rings is 1. The minimum Gasteiger partial charge on any atom is -0.486 e. The molecule has 1 aliphatic heterocycles. The Balaban J connectivity index is 1.88. The van der Waals surface area contributed by atoms with Crippen LogP contribution in [0.15, 0.2) is 12.1 Å². The quantitative estimate of drug-likeness (QED) is 0.877. The summed E-state index contributed by atoms with van der Waals surface area (Å²) >= 11 is 6.19. The highest BCUT2D eigenvalue weighted by atomic mass is 35.5. The maximum absolute atomic E-state index is 9.47. The Kier molecular flexibility index (Phi) is 3.33. The van der Waals surface area contributed by atoms with Crippen LogP contribution in [0.2, 0.25) is 5.02 Å². The Labute approximate surface area is 111 Å². The van der Waals surface area contributed by atoms with Crippen molar-refractivity contribution in [3.8, 4) is 11.5 Å². The summed E-state index contributed by atoms with van der Waals surface area (Å²) < 4.78 is 11.0. The Morgan fingerprint density at radius 3 is 2.83 bits per heavy atom. The Morgan fingerprint density at radius 2 is 2.11 bits per heavy atom. The summed E-state index contributed by atoms with van der Waals surface area (Å²) in [4.78, 5) is 0. The molecule has 3 rings (SSSR count). The molecule has 1 aliphatic carbocycles. The number of ether oxygens (including phenoxy) is 2. The van der Waals surface area contributed by atoms with E-state index >= 15 is 0 Å². The second-order valence-corrected chi connectivity index (χ2v) is 5.11. The molecule has 0 amide bonds. The fraction of sp³-hybridized carbons (Fsp3) is 0.538. The van der Waals surface area contributed by atoms with Crippen molar-refractivity contribution in [1.82, 2.24) is 5.32 Å². The summed E-state index contributed by atoms with van der Waals surface area (Å²) in [7, 11) is 0. The van der Waals surface area contributed by atoms with Crippen LogP contribution >= 0.6 is 11.6 Å². The fourth-order valence-electron chi connectivity index (χ4n) is 2.12. The summed E-state index contributed by atoms with van der Waals surface area (Å²) in [5, 5.41) is 13.4. The molecular formula is C13H16ClNO3. The Morgan fingerprint density at radius 1 is 1.33 bits per heavy atom. The molecule has 1 aromatic rings. The molecule has 1 heterocycles. The molecule has 0 spiro atoms. The van der Waals surface area contributed by atoms with E-state index in [0.29, 0.717) is 35.8 Å². The molecule has 1 saturated carbocycles. The van der Waals surface area contributed by atoms with Crippen molar-refractivity contribution >= 4 is 11.6 Å². The van der Waals surface area contributed by atoms with Crippen molar-refractivity contribution in [3.05, 3.63) is 22.7 Å². The minimum absolute atomic E-state index is 0.0481. The topological polar surface area (TPSA) is 50.7 Å². The molecule has 98 valence electrons. The van der Waals surface area contributed by atoms with Crippen molar-refractivity contribution < 1.29 is 14.6 Å². The highest BCUT2D eigenvalue weighted by Crippen LogP contribution is 2.40. The maximum Gasteiger partial charge on any atom is 0.179 e. The Bertz CT molecular complexity index is 448. The largest absolute Gasteiger partial charge is 0.486 e. The van der Waals surface area contributed by atoms with E-state index in [2.05, 4.69) is 5.32 Å². The van der Waals surface area contributed by atoms with E-state index in [-0.39, 0.29) is 12.6 Å². The summed E-state index contributed by atoms with van der Waals surface area (Å²) in [6, 6.07) is 4.17. The van der Waals surface area contributed by atoms with Gasteiger partial charge in [0, 0.05) is 6.04 Å². The highest BCUT2D eigenvalue weighted by Gasteiger charge is 2.26. The zero-order chi connectivity index (χ0) is 12.5. The molecule has 5 heteroatoms. The number of hydrogen-bond donors (Lipinski definition) is 2. The van der Waals surface area contributed by atoms with Crippen molar-refractivity contribution in [2.45, 2.75) is 24.9 Å². The molecule has 18 heavy (non-hydrogen) atoms. The lowest BCUT2D eigenvalue weighted by Gasteiger charge is -2.23. The number of nitrogens with one attached hydrogen (secondary N) is 1. The second kappa shape index (κ2) is 4.96. The maximum atomic E-state index is 9.47. The van der Waals surface area contributed by atoms with Crippen LogP contribution in [0.5, 0.6) is 11.5 Å². The lowest BCUT2D eigenvalue weighted by molar-refractivity contribution is 0.171. The van der Waals surface area contributed by atoms with Gasteiger partial charge in [0.2, 0.25) is 0 Å². The molecular weight excluding hydrogens is 254 g/mol. The average Bonchev–Trinajstić information content (AvgIpc) is 3.20. The first-order chi connectivity index (χ1) is 8.78. The zero-order valence-electron chi connectivity index (χ0n) is 9.99. The third-order valence-corrected chi connectivity index (χ3v) is 3.50. The molecule has 0 radical (unpaired) electrons. The van der Waals surface area contributed by atoms with Gasteiger partial charge < -0.3 is 19.9 Å². The van der Waals surface area contributed by atoms with E-state index < -0.39 is 0 Å². The van der Waals surface area contributed by atoms with Crippen molar-refractivity contribution in [1.29, 1.82) is 0 Å². The molecule has 1 unspecified atom stereocenters. The molecule has 1 aromatic carbocycles. The number of fused-ring (bicyclic) bond motifs is 1. The molecule has 4 nitrogen and oxygen atoms in total. The van der Waals surface area contributed by atoms with Crippen LogP contribution < -0.4 is 14.8 Å². The van der Waals surface area contributed by atoms with Gasteiger partial charge in [-0.3, -0.25) is 0 Å². The van der Waals surface area contributed by atoms with E-state index in [1.165, 1.54) is 12.8 Å². The highest BCUT2D eigenvalue weighted by molar-refractivity contribution is 6.32. The number of aliphatic hydroxyl groups excluding tert-OH is 1. The third kappa shape index (κ3) is 2.41. The van der Waals surface area contributed by atoms with Gasteiger partial charge >= 0.3 is 0 Å². The molecule has 0 aromatic heterocycles. The van der Waals surface area contributed by atoms with Crippen LogP contribution in [-0.2, 0) is 0 Å². The standard InChI is InChI=1S/C13H16ClNO3/c14-10-5-8(11(7-16)15-9-1-2-9)6-12-13(10)18-4-3-17-12/h5-6,9,11,15-16H,1-4,7H2. The number of halogens is 1. The molecule has 0 bridgehead atoms. The van der Waals surface area contributed by atoms with Crippen LogP contribution in [0.1, 0.15) is 24.4 Å². The van der Waals surface area contributed by atoms with Crippen LogP contribution in [0, 0.1) is 0 Å². The van der Waals surface area contributed by atoms with Gasteiger partial charge in [-0.25, -0.2) is 0 Å². The van der Waals surface area contributed by atoms with E-state index in [1.54, 1.807) is 0 Å². The average molecular weight is 270 g/mol. The first-order valence-corrected chi connectivity index (χ1v) is 6.61. The van der Waals surface area contributed by atoms with Gasteiger partial charge in [-0.15, -0.1) is 0 Å². The SMILES string of the molecule is OCC(NC1CC1)c1cc(Cl)c2c(c1)OCCO2. The van der Waals surface area contributed by atoms with Gasteiger partial charge in [-0.05, 0) is 30.5 Å². The number of aliphatic hydroxyl groups is 1. The number of rotatable bonds is 4. The van der Waals surface area contributed by atoms with Gasteiger partial charge in [0.05, 0.1) is 17.7 Å². The van der Waals surface area contributed by atoms with Crippen LogP contribution in [-0.4, -0.2) is 31.0 Å². The zero-order valence-corrected chi connectivity index (χ0v) is 10.7. The predicted molar refractivity (Wildman–Crippen MR) is 68.4 cm³/mol. The molecule has 2 aliphatic rings. The Hall–Kier alpha value is -0.970. The van der Waals surface area contributed by atoms with Crippen LogP contribution in [0.3, 0.4) is 0 Å². The second-order valence-electron chi connectivity index (χ2n) is 4.70. The normalized spacial score (nSPS) is 19.7. The predicted octanol–water partition coefficient (Wildman–Crippen LogP) is 1.90. The number of hydrogen-bond acceptors (Lipinski definition) is 4. The van der Waals surface area contributed by atoms with Gasteiger partial charge in [0.25, 0.3) is 0 Å². The molecule has 0 saturated heterocycles. The smallest absolute Gasteiger partial charge is 0.179 e. The van der Waals surface area contributed by atoms with Crippen molar-refractivity contribution in [2.75, 3.05) is 19.8 Å². The molecule has 2 N–H and O–H groups in total. The monoisotopic (exact) mass is 269 g/mol. The van der Waals surface area contributed by atoms with Gasteiger partial charge in [0.1, 0.15) is 13.2 Å². The van der Waals surface area contributed by atoms with E-state index in [9.17, 15) is 5.11 Å². The van der Waals surface area contributed by atoms with Crippen molar-refractivity contribution in [3.63, 3.8) is 0 Å². The molecule has 1 atom stereocenters. The summed E-state index contributed by atoms with van der Waals surface area (Å²) in [6.07, 6.45) is 2.35. The summed E-state index contributed by atoms with van der Waals surface area (Å²) in [6.45, 7) is 1.11. The first kappa shape index (κ1) is 12.1. The van der Waals surface area contributed by atoms with E-state index in [4.69, 9.17) is 21.1 Å². The lowest BCUT2D eigenvalue weighted by atomic mass is 10.1. The van der Waals surface area contributed by atoms with Crippen molar-refractivity contribution in [2.24, 2.45) is 0 Å². The molecule has 1 fully saturated rings. The minimum atomic E-state index is -0.0918. The van der Waals surface area contributed by atoms with E-state index in [0.717, 1.165) is 5.56 Å². The third-order valence-electron chi connectivity index (χ3n) is 3.22.